The molecule has 2 aromatic carbocycles. The molecule has 0 spiro atoms. The Morgan fingerprint density at radius 1 is 1.17 bits per heavy atom. The third-order valence-electron chi connectivity index (χ3n) is 3.63. The number of carbonyl (C=O) groups is 1. The molecule has 0 aliphatic heterocycles. The highest BCUT2D eigenvalue weighted by atomic mass is 35.5. The molecule has 0 saturated heterocycles. The fraction of sp³-hybridized carbons (Fsp3) is 0.278. The summed E-state index contributed by atoms with van der Waals surface area (Å²) in [6.45, 7) is 1.41. The van der Waals surface area contributed by atoms with Gasteiger partial charge in [0.2, 0.25) is 0 Å². The van der Waals surface area contributed by atoms with Gasteiger partial charge in [-0.05, 0) is 30.2 Å². The van der Waals surface area contributed by atoms with Gasteiger partial charge in [-0.15, -0.1) is 0 Å². The zero-order valence-electron chi connectivity index (χ0n) is 13.4. The lowest BCUT2D eigenvalue weighted by atomic mass is 10.1. The molecular formula is C18H20Cl2FN2O+. The molecule has 3 nitrogen and oxygen atoms in total. The van der Waals surface area contributed by atoms with Crippen LogP contribution in [0, 0.1) is 5.82 Å². The van der Waals surface area contributed by atoms with Crippen LogP contribution in [-0.2, 0) is 17.8 Å². The molecular weight excluding hydrogens is 350 g/mol. The summed E-state index contributed by atoms with van der Waals surface area (Å²) in [6.07, 6.45) is 0.476. The standard InChI is InChI=1S/C18H19Cl2FN2O/c1-23(11-13-6-7-15(19)16(20)10-13)12-18(24)22-9-8-14-4-2-3-5-17(14)21/h2-7,10H,8-9,11-12H2,1H3,(H,22,24)/p+1. The van der Waals surface area contributed by atoms with Crippen LogP contribution in [0.3, 0.4) is 0 Å². The third-order valence-corrected chi connectivity index (χ3v) is 4.37. The quantitative estimate of drug-likeness (QED) is 0.772. The number of quaternary nitrogens is 1. The summed E-state index contributed by atoms with van der Waals surface area (Å²) in [6, 6.07) is 12.0. The first kappa shape index (κ1) is 18.7. The number of halogens is 3. The summed E-state index contributed by atoms with van der Waals surface area (Å²) >= 11 is 11.9. The maximum Gasteiger partial charge on any atom is 0.275 e. The zero-order valence-corrected chi connectivity index (χ0v) is 14.9. The van der Waals surface area contributed by atoms with Crippen LogP contribution in [-0.4, -0.2) is 26.0 Å². The topological polar surface area (TPSA) is 33.5 Å². The Morgan fingerprint density at radius 2 is 1.92 bits per heavy atom. The van der Waals surface area contributed by atoms with Crippen molar-refractivity contribution >= 4 is 29.1 Å². The molecule has 2 rings (SSSR count). The van der Waals surface area contributed by atoms with Crippen molar-refractivity contribution in [3.05, 3.63) is 69.5 Å². The number of carbonyl (C=O) groups excluding carboxylic acids is 1. The van der Waals surface area contributed by atoms with E-state index in [2.05, 4.69) is 5.32 Å². The average Bonchev–Trinajstić information content (AvgIpc) is 2.52. The summed E-state index contributed by atoms with van der Waals surface area (Å²) in [4.78, 5) is 13.0. The largest absolute Gasteiger partial charge is 0.351 e. The highest BCUT2D eigenvalue weighted by Crippen LogP contribution is 2.22. The molecule has 6 heteroatoms. The molecule has 128 valence electrons. The van der Waals surface area contributed by atoms with Gasteiger partial charge in [-0.25, -0.2) is 4.39 Å². The van der Waals surface area contributed by atoms with Gasteiger partial charge >= 0.3 is 0 Å². The van der Waals surface area contributed by atoms with Gasteiger partial charge in [-0.2, -0.15) is 0 Å². The molecule has 0 heterocycles. The third kappa shape index (κ3) is 5.78. The molecule has 0 fully saturated rings. The second-order valence-corrected chi connectivity index (χ2v) is 6.56. The van der Waals surface area contributed by atoms with Crippen molar-refractivity contribution in [3.63, 3.8) is 0 Å². The molecule has 1 amide bonds. The zero-order chi connectivity index (χ0) is 17.5. The van der Waals surface area contributed by atoms with E-state index in [0.717, 1.165) is 10.5 Å². The predicted molar refractivity (Wildman–Crippen MR) is 95.0 cm³/mol. The number of amides is 1. The molecule has 0 bridgehead atoms. The van der Waals surface area contributed by atoms with E-state index in [-0.39, 0.29) is 11.7 Å². The maximum atomic E-state index is 13.5. The van der Waals surface area contributed by atoms with Crippen LogP contribution < -0.4 is 10.2 Å². The minimum atomic E-state index is -0.242. The molecule has 0 saturated carbocycles. The van der Waals surface area contributed by atoms with Gasteiger partial charge in [0.15, 0.2) is 6.54 Å². The molecule has 2 aromatic rings. The van der Waals surface area contributed by atoms with Crippen LogP contribution in [0.5, 0.6) is 0 Å². The van der Waals surface area contributed by atoms with E-state index in [4.69, 9.17) is 23.2 Å². The van der Waals surface area contributed by atoms with Gasteiger partial charge in [0.25, 0.3) is 5.91 Å². The fourth-order valence-electron chi connectivity index (χ4n) is 2.43. The summed E-state index contributed by atoms with van der Waals surface area (Å²) in [5, 5.41) is 3.85. The molecule has 0 aliphatic carbocycles. The predicted octanol–water partition coefficient (Wildman–Crippen LogP) is 2.51. The van der Waals surface area contributed by atoms with Gasteiger partial charge in [0.1, 0.15) is 12.4 Å². The van der Waals surface area contributed by atoms with Gasteiger partial charge < -0.3 is 10.2 Å². The van der Waals surface area contributed by atoms with E-state index in [9.17, 15) is 9.18 Å². The first-order valence-corrected chi connectivity index (χ1v) is 8.46. The lowest BCUT2D eigenvalue weighted by Crippen LogP contribution is -3.08. The van der Waals surface area contributed by atoms with E-state index in [1.165, 1.54) is 6.07 Å². The van der Waals surface area contributed by atoms with E-state index in [0.29, 0.717) is 41.7 Å². The second kappa shape index (κ2) is 9.02. The second-order valence-electron chi connectivity index (χ2n) is 5.75. The Labute approximate surface area is 151 Å². The normalized spacial score (nSPS) is 12.0. The molecule has 0 radical (unpaired) electrons. The van der Waals surface area contributed by atoms with Crippen molar-refractivity contribution in [2.75, 3.05) is 20.1 Å². The highest BCUT2D eigenvalue weighted by Gasteiger charge is 2.11. The smallest absolute Gasteiger partial charge is 0.275 e. The monoisotopic (exact) mass is 369 g/mol. The molecule has 1 unspecified atom stereocenters. The Balaban J connectivity index is 1.75. The van der Waals surface area contributed by atoms with Crippen LogP contribution >= 0.6 is 23.2 Å². The van der Waals surface area contributed by atoms with E-state index >= 15 is 0 Å². The van der Waals surface area contributed by atoms with Crippen molar-refractivity contribution in [1.29, 1.82) is 0 Å². The van der Waals surface area contributed by atoms with Gasteiger partial charge in [0.05, 0.1) is 17.1 Å². The number of hydrogen-bond donors (Lipinski definition) is 2. The molecule has 1 atom stereocenters. The van der Waals surface area contributed by atoms with E-state index in [1.807, 2.05) is 19.2 Å². The number of hydrogen-bond acceptors (Lipinski definition) is 1. The number of benzene rings is 2. The Morgan fingerprint density at radius 3 is 2.62 bits per heavy atom. The number of rotatable bonds is 7. The van der Waals surface area contributed by atoms with E-state index in [1.54, 1.807) is 24.3 Å². The minimum Gasteiger partial charge on any atom is -0.351 e. The first-order chi connectivity index (χ1) is 11.5. The summed E-state index contributed by atoms with van der Waals surface area (Å²) in [5.74, 6) is -0.307. The Bertz CT molecular complexity index is 709. The van der Waals surface area contributed by atoms with Crippen LogP contribution in [0.25, 0.3) is 0 Å². The molecule has 2 N–H and O–H groups in total. The van der Waals surface area contributed by atoms with Gasteiger partial charge in [-0.3, -0.25) is 4.79 Å². The Hall–Kier alpha value is -1.62. The van der Waals surface area contributed by atoms with Gasteiger partial charge in [0, 0.05) is 12.1 Å². The fourth-order valence-corrected chi connectivity index (χ4v) is 2.76. The van der Waals surface area contributed by atoms with Crippen LogP contribution in [0.15, 0.2) is 42.5 Å². The van der Waals surface area contributed by atoms with Gasteiger partial charge in [-0.1, -0.05) is 47.5 Å². The lowest BCUT2D eigenvalue weighted by molar-refractivity contribution is -0.885. The average molecular weight is 370 g/mol. The number of nitrogens with one attached hydrogen (secondary N) is 2. The maximum absolute atomic E-state index is 13.5. The molecule has 0 aliphatic rings. The number of likely N-dealkylation sites (N-methyl/N-ethyl adjacent to an activating group) is 1. The Kier molecular flexibility index (Phi) is 7.03. The van der Waals surface area contributed by atoms with E-state index < -0.39 is 0 Å². The van der Waals surface area contributed by atoms with Crippen LogP contribution in [0.1, 0.15) is 11.1 Å². The summed E-state index contributed by atoms with van der Waals surface area (Å²) in [7, 11) is 1.93. The van der Waals surface area contributed by atoms with Crippen molar-refractivity contribution in [2.24, 2.45) is 0 Å². The molecule has 0 aromatic heterocycles. The van der Waals surface area contributed by atoms with Crippen LogP contribution in [0.2, 0.25) is 10.0 Å². The van der Waals surface area contributed by atoms with Crippen molar-refractivity contribution in [1.82, 2.24) is 5.32 Å². The lowest BCUT2D eigenvalue weighted by Gasteiger charge is -2.14. The summed E-state index contributed by atoms with van der Waals surface area (Å²) in [5.41, 5.74) is 1.62. The highest BCUT2D eigenvalue weighted by molar-refractivity contribution is 6.42. The minimum absolute atomic E-state index is 0.0658. The van der Waals surface area contributed by atoms with Crippen molar-refractivity contribution in [2.45, 2.75) is 13.0 Å². The SMILES string of the molecule is C[NH+](CC(=O)NCCc1ccccc1F)Cc1ccc(Cl)c(Cl)c1. The van der Waals surface area contributed by atoms with Crippen molar-refractivity contribution in [3.8, 4) is 0 Å². The summed E-state index contributed by atoms with van der Waals surface area (Å²) < 4.78 is 13.5. The van der Waals surface area contributed by atoms with Crippen LogP contribution in [0.4, 0.5) is 4.39 Å². The molecule has 24 heavy (non-hydrogen) atoms. The van der Waals surface area contributed by atoms with Crippen molar-refractivity contribution < 1.29 is 14.1 Å². The first-order valence-electron chi connectivity index (χ1n) is 7.71.